The van der Waals surface area contributed by atoms with Gasteiger partial charge in [0.05, 0.1) is 0 Å². The number of carbonyl (C=O) groups is 1. The number of hydrogen-bond acceptors (Lipinski definition) is 2. The molecule has 0 aliphatic carbocycles. The molecule has 0 heterocycles. The largest absolute Gasteiger partial charge is 0.300 e. The summed E-state index contributed by atoms with van der Waals surface area (Å²) in [4.78, 5) is 11.0. The molecule has 0 saturated carbocycles. The molecule has 1 nitrogen and oxygen atoms in total. The molecule has 0 fully saturated rings. The summed E-state index contributed by atoms with van der Waals surface area (Å²) in [6.45, 7) is 1.44. The monoisotopic (exact) mass is 184 g/mol. The molecule has 1 rings (SSSR count). The van der Waals surface area contributed by atoms with E-state index in [1.807, 2.05) is 0 Å². The minimum atomic E-state index is -0.393. The fourth-order valence-corrected chi connectivity index (χ4v) is 1.20. The third-order valence-corrected chi connectivity index (χ3v) is 1.84. The number of hydrogen-bond donors (Lipinski definition) is 1. The molecule has 0 atom stereocenters. The van der Waals surface area contributed by atoms with E-state index < -0.39 is 5.82 Å². The van der Waals surface area contributed by atoms with Crippen molar-refractivity contribution in [1.29, 1.82) is 0 Å². The molecule has 3 heteroatoms. The van der Waals surface area contributed by atoms with Crippen molar-refractivity contribution in [2.24, 2.45) is 0 Å². The molecule has 12 heavy (non-hydrogen) atoms. The highest BCUT2D eigenvalue weighted by atomic mass is 32.1. The summed E-state index contributed by atoms with van der Waals surface area (Å²) < 4.78 is 13.1. The zero-order chi connectivity index (χ0) is 9.14. The second-order valence-corrected chi connectivity index (χ2v) is 3.11. The van der Waals surface area contributed by atoms with Gasteiger partial charge < -0.3 is 0 Å². The van der Waals surface area contributed by atoms with E-state index in [2.05, 4.69) is 12.6 Å². The van der Waals surface area contributed by atoms with Crippen molar-refractivity contribution in [2.75, 3.05) is 0 Å². The summed E-state index contributed by atoms with van der Waals surface area (Å²) in [5.41, 5.74) is 0.412. The number of benzene rings is 1. The molecule has 0 spiro atoms. The van der Waals surface area contributed by atoms with Crippen LogP contribution in [0.3, 0.4) is 0 Å². The van der Waals surface area contributed by atoms with E-state index in [1.165, 1.54) is 6.92 Å². The minimum absolute atomic E-state index is 0.0483. The maximum Gasteiger partial charge on any atom is 0.140 e. The van der Waals surface area contributed by atoms with Crippen LogP contribution in [0.1, 0.15) is 12.5 Å². The lowest BCUT2D eigenvalue weighted by Gasteiger charge is -2.01. The van der Waals surface area contributed by atoms with Gasteiger partial charge in [0.25, 0.3) is 0 Å². The number of ketones is 1. The van der Waals surface area contributed by atoms with Gasteiger partial charge in [0.15, 0.2) is 0 Å². The molecule has 0 amide bonds. The quantitative estimate of drug-likeness (QED) is 0.697. The van der Waals surface area contributed by atoms with Crippen molar-refractivity contribution in [3.8, 4) is 0 Å². The smallest absolute Gasteiger partial charge is 0.140 e. The fraction of sp³-hybridized carbons (Fsp3) is 0.222. The van der Waals surface area contributed by atoms with E-state index in [9.17, 15) is 9.18 Å². The predicted octanol–water partition coefficient (Wildman–Crippen LogP) is 2.25. The summed E-state index contributed by atoms with van der Waals surface area (Å²) in [5.74, 6) is -0.441. The Kier molecular flexibility index (Phi) is 2.87. The molecule has 1 aromatic carbocycles. The highest BCUT2D eigenvalue weighted by Gasteiger charge is 2.06. The van der Waals surface area contributed by atoms with Crippen LogP contribution in [0.25, 0.3) is 0 Å². The van der Waals surface area contributed by atoms with Gasteiger partial charge in [0, 0.05) is 11.3 Å². The molecule has 0 N–H and O–H groups in total. The maximum absolute atomic E-state index is 13.1. The number of thiol groups is 1. The number of halogens is 1. The first-order chi connectivity index (χ1) is 5.61. The van der Waals surface area contributed by atoms with Gasteiger partial charge in [0.1, 0.15) is 11.6 Å². The summed E-state index contributed by atoms with van der Waals surface area (Å²) >= 11 is 3.90. The highest BCUT2D eigenvalue weighted by Crippen LogP contribution is 2.16. The molecular formula is C9H9FOS. The molecule has 0 aliphatic rings. The van der Waals surface area contributed by atoms with Crippen LogP contribution in [-0.2, 0) is 11.2 Å². The Hall–Kier alpha value is -0.830. The van der Waals surface area contributed by atoms with Gasteiger partial charge in [-0.15, -0.1) is 12.6 Å². The van der Waals surface area contributed by atoms with Crippen LogP contribution in [0, 0.1) is 5.82 Å². The topological polar surface area (TPSA) is 17.1 Å². The minimum Gasteiger partial charge on any atom is -0.300 e. The average molecular weight is 184 g/mol. The lowest BCUT2D eigenvalue weighted by molar-refractivity contribution is -0.116. The lowest BCUT2D eigenvalue weighted by Crippen LogP contribution is -1.99. The summed E-state index contributed by atoms with van der Waals surface area (Å²) in [5, 5.41) is 0. The van der Waals surface area contributed by atoms with Crippen molar-refractivity contribution in [1.82, 2.24) is 0 Å². The van der Waals surface area contributed by atoms with Crippen LogP contribution < -0.4 is 0 Å². The summed E-state index contributed by atoms with van der Waals surface area (Å²) in [7, 11) is 0. The Morgan fingerprint density at radius 2 is 2.25 bits per heavy atom. The SMILES string of the molecule is CC(=O)Cc1cccc(S)c1F. The summed E-state index contributed by atoms with van der Waals surface area (Å²) in [6.07, 6.45) is 0.139. The van der Waals surface area contributed by atoms with Crippen molar-refractivity contribution >= 4 is 18.4 Å². The molecule has 0 unspecified atom stereocenters. The standard InChI is InChI=1S/C9H9FOS/c1-6(11)5-7-3-2-4-8(12)9(7)10/h2-4,12H,5H2,1H3. The second-order valence-electron chi connectivity index (χ2n) is 2.63. The van der Waals surface area contributed by atoms with Crippen LogP contribution in [0.15, 0.2) is 23.1 Å². The third-order valence-electron chi connectivity index (χ3n) is 1.50. The van der Waals surface area contributed by atoms with Crippen molar-refractivity contribution in [3.05, 3.63) is 29.6 Å². The number of Topliss-reactive ketones (excluding diaryl/α,β-unsaturated/α-hetero) is 1. The molecule has 1 aromatic rings. The molecule has 0 radical (unpaired) electrons. The van der Waals surface area contributed by atoms with Crippen LogP contribution in [0.2, 0.25) is 0 Å². The van der Waals surface area contributed by atoms with Gasteiger partial charge in [-0.05, 0) is 18.6 Å². The summed E-state index contributed by atoms with van der Waals surface area (Å²) in [6, 6.07) is 4.84. The Morgan fingerprint density at radius 1 is 1.58 bits per heavy atom. The molecule has 0 bridgehead atoms. The van der Waals surface area contributed by atoms with Crippen molar-refractivity contribution in [2.45, 2.75) is 18.2 Å². The van der Waals surface area contributed by atoms with E-state index in [4.69, 9.17) is 0 Å². The molecule has 64 valence electrons. The zero-order valence-corrected chi connectivity index (χ0v) is 7.57. The van der Waals surface area contributed by atoms with E-state index in [1.54, 1.807) is 18.2 Å². The van der Waals surface area contributed by atoms with E-state index in [-0.39, 0.29) is 17.1 Å². The number of carbonyl (C=O) groups excluding carboxylic acids is 1. The first-order valence-corrected chi connectivity index (χ1v) is 4.02. The van der Waals surface area contributed by atoms with E-state index >= 15 is 0 Å². The van der Waals surface area contributed by atoms with Gasteiger partial charge in [-0.2, -0.15) is 0 Å². The van der Waals surface area contributed by atoms with Crippen LogP contribution in [0.4, 0.5) is 4.39 Å². The predicted molar refractivity (Wildman–Crippen MR) is 48.0 cm³/mol. The van der Waals surface area contributed by atoms with Crippen molar-refractivity contribution in [3.63, 3.8) is 0 Å². The van der Waals surface area contributed by atoms with Crippen molar-refractivity contribution < 1.29 is 9.18 Å². The van der Waals surface area contributed by atoms with Crippen LogP contribution in [-0.4, -0.2) is 5.78 Å². The molecular weight excluding hydrogens is 175 g/mol. The van der Waals surface area contributed by atoms with Crippen LogP contribution in [0.5, 0.6) is 0 Å². The number of rotatable bonds is 2. The second kappa shape index (κ2) is 3.72. The van der Waals surface area contributed by atoms with Gasteiger partial charge >= 0.3 is 0 Å². The Bertz CT molecular complexity index is 309. The average Bonchev–Trinajstić information content (AvgIpc) is 1.98. The van der Waals surface area contributed by atoms with Gasteiger partial charge in [-0.3, -0.25) is 4.79 Å². The Labute approximate surface area is 76.0 Å². The first-order valence-electron chi connectivity index (χ1n) is 3.57. The van der Waals surface area contributed by atoms with Crippen LogP contribution >= 0.6 is 12.6 Å². The normalized spacial score (nSPS) is 9.92. The van der Waals surface area contributed by atoms with Gasteiger partial charge in [0.2, 0.25) is 0 Å². The molecule has 0 saturated heterocycles. The first kappa shape index (κ1) is 9.26. The Balaban J connectivity index is 3.00. The van der Waals surface area contributed by atoms with E-state index in [0.717, 1.165) is 0 Å². The zero-order valence-electron chi connectivity index (χ0n) is 6.67. The molecule has 0 aliphatic heterocycles. The van der Waals surface area contributed by atoms with E-state index in [0.29, 0.717) is 5.56 Å². The molecule has 0 aromatic heterocycles. The Morgan fingerprint density at radius 3 is 2.83 bits per heavy atom. The fourth-order valence-electron chi connectivity index (χ4n) is 0.971. The van der Waals surface area contributed by atoms with Gasteiger partial charge in [-0.25, -0.2) is 4.39 Å². The maximum atomic E-state index is 13.1. The highest BCUT2D eigenvalue weighted by molar-refractivity contribution is 7.80. The van der Waals surface area contributed by atoms with Gasteiger partial charge in [-0.1, -0.05) is 12.1 Å². The third kappa shape index (κ3) is 2.08. The lowest BCUT2D eigenvalue weighted by atomic mass is 10.1.